The zero-order valence-electron chi connectivity index (χ0n) is 18.9. The van der Waals surface area contributed by atoms with Crippen molar-refractivity contribution < 1.29 is 14.6 Å². The normalized spacial score (nSPS) is 17.3. The van der Waals surface area contributed by atoms with Gasteiger partial charge in [-0.25, -0.2) is 9.37 Å². The number of nitrogens with one attached hydrogen (secondary N) is 3. The van der Waals surface area contributed by atoms with E-state index >= 15 is 0 Å². The maximum Gasteiger partial charge on any atom is 0.165 e. The van der Waals surface area contributed by atoms with E-state index in [2.05, 4.69) is 20.5 Å². The van der Waals surface area contributed by atoms with Crippen molar-refractivity contribution in [1.29, 1.82) is 0 Å². The fourth-order valence-corrected chi connectivity index (χ4v) is 4.87. The first-order chi connectivity index (χ1) is 16.5. The Hall–Kier alpha value is -3.27. The molecule has 3 heterocycles. The molecule has 1 aliphatic heterocycles. The van der Waals surface area contributed by atoms with Gasteiger partial charge in [-0.05, 0) is 60.2 Å². The number of phenolic OH excluding ortho intramolecular Hbond substituents is 1. The summed E-state index contributed by atoms with van der Waals surface area (Å²) in [7, 11) is 0. The average molecular weight is 463 g/mol. The van der Waals surface area contributed by atoms with Crippen molar-refractivity contribution in [2.45, 2.75) is 58.1 Å². The van der Waals surface area contributed by atoms with Crippen LogP contribution in [0.15, 0.2) is 30.3 Å². The van der Waals surface area contributed by atoms with Gasteiger partial charge in [0.1, 0.15) is 5.69 Å². The lowest BCUT2D eigenvalue weighted by molar-refractivity contribution is -0.0412. The second-order valence-electron chi connectivity index (χ2n) is 9.23. The third-order valence-corrected chi connectivity index (χ3v) is 7.07. The van der Waals surface area contributed by atoms with Crippen LogP contribution < -0.4 is 5.32 Å². The lowest BCUT2D eigenvalue weighted by Crippen LogP contribution is -2.50. The summed E-state index contributed by atoms with van der Waals surface area (Å²) in [5.74, 6) is -0.277. The highest BCUT2D eigenvalue weighted by Crippen LogP contribution is 2.34. The van der Waals surface area contributed by atoms with Crippen LogP contribution in [0.25, 0.3) is 33.5 Å². The number of hydrogen-bond donors (Lipinski definition) is 5. The standard InChI is InChI=1S/C25H27FN6O2/c1-2-13-9-22(33)18(26)10-17(13)14-6-7-16-19(8-14)30-31-23(16)24-28-20-11-32(12-21(20)29-24)25(34)27-15-4-3-5-15/h6-10,15,25,27,33-34H,2-5,11-12H2,1H3,(H,28,29)(H,30,31). The number of aromatic amines is 2. The Labute approximate surface area is 195 Å². The summed E-state index contributed by atoms with van der Waals surface area (Å²) in [6, 6.07) is 9.11. The molecule has 0 saturated heterocycles. The zero-order valence-corrected chi connectivity index (χ0v) is 18.9. The van der Waals surface area contributed by atoms with Gasteiger partial charge in [-0.3, -0.25) is 15.3 Å². The Kier molecular flexibility index (Phi) is 5.13. The van der Waals surface area contributed by atoms with E-state index in [1.165, 1.54) is 18.6 Å². The molecule has 9 heteroatoms. The largest absolute Gasteiger partial charge is 0.505 e. The molecule has 34 heavy (non-hydrogen) atoms. The third-order valence-electron chi connectivity index (χ3n) is 7.07. The average Bonchev–Trinajstić information content (AvgIpc) is 3.50. The number of aryl methyl sites for hydroxylation is 1. The van der Waals surface area contributed by atoms with Crippen molar-refractivity contribution >= 4 is 10.9 Å². The molecule has 1 unspecified atom stereocenters. The van der Waals surface area contributed by atoms with Gasteiger partial charge in [0.25, 0.3) is 0 Å². The van der Waals surface area contributed by atoms with Crippen molar-refractivity contribution in [3.8, 4) is 28.4 Å². The Bertz CT molecular complexity index is 1350. The number of rotatable bonds is 6. The highest BCUT2D eigenvalue weighted by molar-refractivity contribution is 5.94. The minimum absolute atomic E-state index is 0.332. The fraction of sp³-hybridized carbons (Fsp3) is 0.360. The number of aliphatic hydroxyl groups excluding tert-OH is 1. The summed E-state index contributed by atoms with van der Waals surface area (Å²) in [5, 5.41) is 32.0. The van der Waals surface area contributed by atoms with Crippen molar-refractivity contribution in [3.63, 3.8) is 0 Å². The van der Waals surface area contributed by atoms with Crippen LogP contribution >= 0.6 is 0 Å². The van der Waals surface area contributed by atoms with Crippen molar-refractivity contribution in [1.82, 2.24) is 30.4 Å². The lowest BCUT2D eigenvalue weighted by Gasteiger charge is -2.32. The van der Waals surface area contributed by atoms with Gasteiger partial charge in [-0.15, -0.1) is 0 Å². The second kappa shape index (κ2) is 8.19. The first kappa shape index (κ1) is 21.3. The Morgan fingerprint density at radius 3 is 2.82 bits per heavy atom. The van der Waals surface area contributed by atoms with Crippen LogP contribution in [0.5, 0.6) is 5.75 Å². The molecule has 1 saturated carbocycles. The van der Waals surface area contributed by atoms with E-state index in [1.807, 2.05) is 30.0 Å². The number of H-pyrrole nitrogens is 2. The van der Waals surface area contributed by atoms with E-state index in [-0.39, 0.29) is 5.75 Å². The summed E-state index contributed by atoms with van der Waals surface area (Å²) >= 11 is 0. The van der Waals surface area contributed by atoms with E-state index < -0.39 is 12.2 Å². The maximum absolute atomic E-state index is 14.1. The molecule has 0 bridgehead atoms. The van der Waals surface area contributed by atoms with Gasteiger partial charge < -0.3 is 15.2 Å². The molecule has 5 N–H and O–H groups in total. The first-order valence-corrected chi connectivity index (χ1v) is 11.8. The van der Waals surface area contributed by atoms with Crippen molar-refractivity contribution in [2.75, 3.05) is 0 Å². The van der Waals surface area contributed by atoms with E-state index in [0.29, 0.717) is 31.4 Å². The van der Waals surface area contributed by atoms with Gasteiger partial charge in [0, 0.05) is 24.5 Å². The SMILES string of the molecule is CCc1cc(O)c(F)cc1-c1ccc2c(-c3nc4c([nH]3)CN(C(O)NC3CCC3)C4)n[nH]c2c1. The van der Waals surface area contributed by atoms with Crippen LogP contribution in [0.1, 0.15) is 43.1 Å². The smallest absolute Gasteiger partial charge is 0.165 e. The molecule has 1 atom stereocenters. The highest BCUT2D eigenvalue weighted by atomic mass is 19.1. The molecule has 0 radical (unpaired) electrons. The summed E-state index contributed by atoms with van der Waals surface area (Å²) in [6.45, 7) is 3.15. The molecule has 2 aliphatic rings. The van der Waals surface area contributed by atoms with E-state index in [1.54, 1.807) is 0 Å². The second-order valence-corrected chi connectivity index (χ2v) is 9.23. The minimum atomic E-state index is -0.668. The summed E-state index contributed by atoms with van der Waals surface area (Å²) in [4.78, 5) is 10.1. The third kappa shape index (κ3) is 3.56. The number of halogens is 1. The van der Waals surface area contributed by atoms with Gasteiger partial charge in [0.05, 0.1) is 16.9 Å². The number of aromatic nitrogens is 4. The molecule has 8 nitrogen and oxygen atoms in total. The van der Waals surface area contributed by atoms with Crippen LogP contribution in [0, 0.1) is 5.82 Å². The number of benzene rings is 2. The van der Waals surface area contributed by atoms with Crippen molar-refractivity contribution in [2.24, 2.45) is 0 Å². The van der Waals surface area contributed by atoms with Crippen LogP contribution in [-0.4, -0.2) is 47.7 Å². The van der Waals surface area contributed by atoms with Crippen molar-refractivity contribution in [3.05, 3.63) is 53.1 Å². The Balaban J connectivity index is 1.26. The van der Waals surface area contributed by atoms with Crippen LogP contribution in [0.4, 0.5) is 4.39 Å². The number of aromatic hydroxyl groups is 1. The summed E-state index contributed by atoms with van der Waals surface area (Å²) in [6.07, 6.45) is 3.47. The minimum Gasteiger partial charge on any atom is -0.505 e. The molecule has 4 aromatic rings. The molecule has 2 aromatic carbocycles. The van der Waals surface area contributed by atoms with Gasteiger partial charge in [-0.2, -0.15) is 5.10 Å². The number of fused-ring (bicyclic) bond motifs is 2. The predicted octanol–water partition coefficient (Wildman–Crippen LogP) is 3.76. The Morgan fingerprint density at radius 1 is 1.24 bits per heavy atom. The van der Waals surface area contributed by atoms with E-state index in [9.17, 15) is 14.6 Å². The molecule has 1 fully saturated rings. The molecule has 0 spiro atoms. The van der Waals surface area contributed by atoms with Gasteiger partial charge in [0.15, 0.2) is 23.7 Å². The van der Waals surface area contributed by atoms with Crippen LogP contribution in [0.2, 0.25) is 0 Å². The zero-order chi connectivity index (χ0) is 23.4. The van der Waals surface area contributed by atoms with E-state index in [4.69, 9.17) is 4.98 Å². The van der Waals surface area contributed by atoms with Crippen LogP contribution in [0.3, 0.4) is 0 Å². The molecule has 1 aliphatic carbocycles. The molecule has 2 aromatic heterocycles. The molecular formula is C25H27FN6O2. The molecule has 6 rings (SSSR count). The fourth-order valence-electron chi connectivity index (χ4n) is 4.87. The van der Waals surface area contributed by atoms with Crippen LogP contribution in [-0.2, 0) is 19.5 Å². The van der Waals surface area contributed by atoms with Gasteiger partial charge in [0.2, 0.25) is 0 Å². The molecule has 176 valence electrons. The van der Waals surface area contributed by atoms with Gasteiger partial charge >= 0.3 is 0 Å². The summed E-state index contributed by atoms with van der Waals surface area (Å²) in [5.41, 5.74) is 5.93. The molecule has 0 amide bonds. The summed E-state index contributed by atoms with van der Waals surface area (Å²) < 4.78 is 14.1. The van der Waals surface area contributed by atoms with Gasteiger partial charge in [-0.1, -0.05) is 19.4 Å². The number of imidazole rings is 1. The maximum atomic E-state index is 14.1. The first-order valence-electron chi connectivity index (χ1n) is 11.8. The number of nitrogens with zero attached hydrogens (tertiary/aromatic N) is 3. The number of phenols is 1. The Morgan fingerprint density at radius 2 is 2.09 bits per heavy atom. The lowest BCUT2D eigenvalue weighted by atomic mass is 9.93. The number of hydrogen-bond acceptors (Lipinski definition) is 6. The topological polar surface area (TPSA) is 113 Å². The highest BCUT2D eigenvalue weighted by Gasteiger charge is 2.31. The monoisotopic (exact) mass is 462 g/mol. The number of aliphatic hydroxyl groups is 1. The quantitative estimate of drug-likeness (QED) is 0.279. The van der Waals surface area contributed by atoms with E-state index in [0.717, 1.165) is 57.5 Å². The molecular weight excluding hydrogens is 435 g/mol. The predicted molar refractivity (Wildman–Crippen MR) is 126 cm³/mol.